The Labute approximate surface area is 127 Å². The van der Waals surface area contributed by atoms with Gasteiger partial charge in [-0.1, -0.05) is 26.8 Å². The quantitative estimate of drug-likeness (QED) is 0.870. The van der Waals surface area contributed by atoms with Crippen molar-refractivity contribution >= 4 is 5.91 Å². The van der Waals surface area contributed by atoms with Gasteiger partial charge >= 0.3 is 6.18 Å². The molecular weight excluding hydrogens is 299 g/mol. The largest absolute Gasteiger partial charge is 0.468 e. The van der Waals surface area contributed by atoms with Crippen LogP contribution < -0.4 is 15.8 Å². The number of nitrogens with one attached hydrogen (secondary N) is 1. The Morgan fingerprint density at radius 1 is 1.41 bits per heavy atom. The van der Waals surface area contributed by atoms with E-state index < -0.39 is 30.1 Å². The number of hydrogen-bond donors (Lipinski definition) is 2. The molecule has 1 rings (SSSR count). The molecule has 0 bridgehead atoms. The number of alkyl halides is 3. The zero-order valence-corrected chi connectivity index (χ0v) is 12.7. The third-order valence-electron chi connectivity index (χ3n) is 2.89. The maximum Gasteiger partial charge on any atom is 0.422 e. The van der Waals surface area contributed by atoms with Crippen molar-refractivity contribution in [2.24, 2.45) is 11.1 Å². The molecule has 0 fully saturated rings. The van der Waals surface area contributed by atoms with Gasteiger partial charge in [0.1, 0.15) is 0 Å². The van der Waals surface area contributed by atoms with Crippen molar-refractivity contribution in [3.63, 3.8) is 0 Å². The number of aromatic nitrogens is 1. The summed E-state index contributed by atoms with van der Waals surface area (Å²) in [5.41, 5.74) is 5.73. The number of nitrogens with two attached hydrogens (primary N) is 1. The fraction of sp³-hybridized carbons (Fsp3) is 0.571. The molecule has 8 heteroatoms. The van der Waals surface area contributed by atoms with Crippen LogP contribution in [0.15, 0.2) is 18.3 Å². The Bertz CT molecular complexity index is 513. The highest BCUT2D eigenvalue weighted by Crippen LogP contribution is 2.20. The number of amides is 1. The molecule has 1 aromatic rings. The van der Waals surface area contributed by atoms with Gasteiger partial charge in [-0.15, -0.1) is 0 Å². The topological polar surface area (TPSA) is 77.2 Å². The average Bonchev–Trinajstić information content (AvgIpc) is 2.40. The van der Waals surface area contributed by atoms with E-state index in [2.05, 4.69) is 15.0 Å². The Balaban J connectivity index is 2.68. The van der Waals surface area contributed by atoms with Crippen molar-refractivity contribution in [2.75, 3.05) is 6.61 Å². The van der Waals surface area contributed by atoms with Crippen LogP contribution in [0.25, 0.3) is 0 Å². The Morgan fingerprint density at radius 3 is 2.59 bits per heavy atom. The molecule has 22 heavy (non-hydrogen) atoms. The van der Waals surface area contributed by atoms with E-state index in [1.807, 2.05) is 20.8 Å². The number of hydrogen-bond acceptors (Lipinski definition) is 4. The van der Waals surface area contributed by atoms with Crippen molar-refractivity contribution < 1.29 is 22.7 Å². The van der Waals surface area contributed by atoms with Gasteiger partial charge in [-0.25, -0.2) is 4.98 Å². The zero-order chi connectivity index (χ0) is 17.0. The second kappa shape index (κ2) is 6.95. The summed E-state index contributed by atoms with van der Waals surface area (Å²) in [6, 6.07) is 2.34. The summed E-state index contributed by atoms with van der Waals surface area (Å²) in [6.07, 6.45) is -3.13. The maximum absolute atomic E-state index is 12.2. The van der Waals surface area contributed by atoms with E-state index in [1.165, 1.54) is 12.3 Å². The normalized spacial score (nSPS) is 13.6. The number of carbonyl (C=O) groups excluding carboxylic acids is 1. The molecule has 0 saturated carbocycles. The predicted molar refractivity (Wildman–Crippen MR) is 75.1 cm³/mol. The molecule has 1 aromatic heterocycles. The molecule has 1 heterocycles. The van der Waals surface area contributed by atoms with Crippen LogP contribution >= 0.6 is 0 Å². The molecule has 1 atom stereocenters. The molecule has 0 radical (unpaired) electrons. The van der Waals surface area contributed by atoms with E-state index in [9.17, 15) is 18.0 Å². The van der Waals surface area contributed by atoms with Crippen LogP contribution in [0.4, 0.5) is 13.2 Å². The van der Waals surface area contributed by atoms with Crippen LogP contribution in [-0.2, 0) is 11.3 Å². The van der Waals surface area contributed by atoms with Gasteiger partial charge in [-0.05, 0) is 11.5 Å². The SMILES string of the molecule is CC(C)(C)[C@H](N)C(=O)NCc1cccnc1OCC(F)(F)F. The fourth-order valence-electron chi connectivity index (χ4n) is 1.52. The fourth-order valence-corrected chi connectivity index (χ4v) is 1.52. The molecule has 3 N–H and O–H groups in total. The van der Waals surface area contributed by atoms with Crippen LogP contribution in [0, 0.1) is 5.41 Å². The molecule has 124 valence electrons. The molecule has 0 aromatic carbocycles. The smallest absolute Gasteiger partial charge is 0.422 e. The van der Waals surface area contributed by atoms with E-state index in [4.69, 9.17) is 5.73 Å². The number of nitrogens with zero attached hydrogens (tertiary/aromatic N) is 1. The lowest BCUT2D eigenvalue weighted by atomic mass is 9.87. The Morgan fingerprint density at radius 2 is 2.05 bits per heavy atom. The van der Waals surface area contributed by atoms with E-state index in [0.29, 0.717) is 5.56 Å². The van der Waals surface area contributed by atoms with E-state index >= 15 is 0 Å². The molecule has 0 saturated heterocycles. The molecule has 5 nitrogen and oxygen atoms in total. The lowest BCUT2D eigenvalue weighted by Gasteiger charge is -2.25. The highest BCUT2D eigenvalue weighted by atomic mass is 19.4. The molecule has 0 unspecified atom stereocenters. The first-order chi connectivity index (χ1) is 10.0. The number of carbonyl (C=O) groups is 1. The molecule has 0 aliphatic carbocycles. The third-order valence-corrected chi connectivity index (χ3v) is 2.89. The van der Waals surface area contributed by atoms with Crippen LogP contribution in [0.3, 0.4) is 0 Å². The second-order valence-corrected chi connectivity index (χ2v) is 5.93. The van der Waals surface area contributed by atoms with Crippen molar-refractivity contribution in [3.05, 3.63) is 23.9 Å². The summed E-state index contributed by atoms with van der Waals surface area (Å²) in [4.78, 5) is 15.7. The minimum Gasteiger partial charge on any atom is -0.468 e. The van der Waals surface area contributed by atoms with E-state index in [-0.39, 0.29) is 12.4 Å². The van der Waals surface area contributed by atoms with E-state index in [1.54, 1.807) is 6.07 Å². The first-order valence-electron chi connectivity index (χ1n) is 6.67. The van der Waals surface area contributed by atoms with Gasteiger partial charge in [0.25, 0.3) is 0 Å². The first-order valence-corrected chi connectivity index (χ1v) is 6.67. The summed E-state index contributed by atoms with van der Waals surface area (Å²) in [5, 5.41) is 2.58. The van der Waals surface area contributed by atoms with Gasteiger partial charge in [0.05, 0.1) is 6.04 Å². The maximum atomic E-state index is 12.2. The van der Waals surface area contributed by atoms with Crippen molar-refractivity contribution in [1.29, 1.82) is 0 Å². The van der Waals surface area contributed by atoms with Gasteiger partial charge < -0.3 is 15.8 Å². The highest BCUT2D eigenvalue weighted by molar-refractivity contribution is 5.82. The van der Waals surface area contributed by atoms with Gasteiger partial charge in [-0.2, -0.15) is 13.2 Å². The highest BCUT2D eigenvalue weighted by Gasteiger charge is 2.29. The van der Waals surface area contributed by atoms with Gasteiger partial charge in [0, 0.05) is 18.3 Å². The van der Waals surface area contributed by atoms with Gasteiger partial charge in [0.15, 0.2) is 6.61 Å². The Hall–Kier alpha value is -1.83. The minimum atomic E-state index is -4.45. The monoisotopic (exact) mass is 319 g/mol. The van der Waals surface area contributed by atoms with Crippen LogP contribution in [0.2, 0.25) is 0 Å². The predicted octanol–water partition coefficient (Wildman–Crippen LogP) is 2.01. The number of pyridine rings is 1. The minimum absolute atomic E-state index is 0.0103. The number of halogens is 3. The Kier molecular flexibility index (Phi) is 5.76. The van der Waals surface area contributed by atoms with Crippen molar-refractivity contribution in [3.8, 4) is 5.88 Å². The van der Waals surface area contributed by atoms with Crippen LogP contribution in [0.5, 0.6) is 5.88 Å². The molecular formula is C14H20F3N3O2. The lowest BCUT2D eigenvalue weighted by molar-refractivity contribution is -0.154. The van der Waals surface area contributed by atoms with Crippen LogP contribution in [-0.4, -0.2) is 29.7 Å². The average molecular weight is 319 g/mol. The van der Waals surface area contributed by atoms with Gasteiger partial charge in [-0.3, -0.25) is 4.79 Å². The summed E-state index contributed by atoms with van der Waals surface area (Å²) in [6.45, 7) is 4.01. The first kappa shape index (κ1) is 18.2. The number of rotatable bonds is 5. The second-order valence-electron chi connectivity index (χ2n) is 5.93. The standard InChI is InChI=1S/C14H20F3N3O2/c1-13(2,3)10(18)11(21)20-7-9-5-4-6-19-12(9)22-8-14(15,16)17/h4-6,10H,7-8,18H2,1-3H3,(H,20,21)/t10-/m1/s1. The molecule has 0 spiro atoms. The van der Waals surface area contributed by atoms with Crippen molar-refractivity contribution in [1.82, 2.24) is 10.3 Å². The lowest BCUT2D eigenvalue weighted by Crippen LogP contribution is -2.48. The van der Waals surface area contributed by atoms with Crippen LogP contribution in [0.1, 0.15) is 26.3 Å². The summed E-state index contributed by atoms with van der Waals surface area (Å²) < 4.78 is 41.2. The number of ether oxygens (including phenoxy) is 1. The molecule has 0 aliphatic rings. The summed E-state index contributed by atoms with van der Waals surface area (Å²) >= 11 is 0. The third kappa shape index (κ3) is 5.88. The van der Waals surface area contributed by atoms with Gasteiger partial charge in [0.2, 0.25) is 11.8 Å². The zero-order valence-electron chi connectivity index (χ0n) is 12.7. The molecule has 0 aliphatic heterocycles. The van der Waals surface area contributed by atoms with Crippen molar-refractivity contribution in [2.45, 2.75) is 39.5 Å². The summed E-state index contributed by atoms with van der Waals surface area (Å²) in [5.74, 6) is -0.553. The molecule has 1 amide bonds. The summed E-state index contributed by atoms with van der Waals surface area (Å²) in [7, 11) is 0. The van der Waals surface area contributed by atoms with E-state index in [0.717, 1.165) is 0 Å².